The van der Waals surface area contributed by atoms with Crippen LogP contribution in [0.5, 0.6) is 0 Å². The molecule has 1 aliphatic rings. The molecule has 0 aromatic carbocycles. The Morgan fingerprint density at radius 1 is 1.29 bits per heavy atom. The van der Waals surface area contributed by atoms with Crippen LogP contribution in [0.15, 0.2) is 31.0 Å². The molecule has 2 aromatic heterocycles. The summed E-state index contributed by atoms with van der Waals surface area (Å²) in [6, 6.07) is 0. The van der Waals surface area contributed by atoms with E-state index in [1.807, 2.05) is 18.6 Å². The van der Waals surface area contributed by atoms with Crippen LogP contribution in [0.25, 0.3) is 0 Å². The lowest BCUT2D eigenvalue weighted by Crippen LogP contribution is -2.36. The fraction of sp³-hybridized carbons (Fsp3) is 0.533. The summed E-state index contributed by atoms with van der Waals surface area (Å²) in [5.74, 6) is 2.55. The van der Waals surface area contributed by atoms with E-state index in [4.69, 9.17) is 4.74 Å². The van der Waals surface area contributed by atoms with Gasteiger partial charge in [-0.25, -0.2) is 9.97 Å². The van der Waals surface area contributed by atoms with Crippen molar-refractivity contribution < 1.29 is 4.74 Å². The zero-order valence-corrected chi connectivity index (χ0v) is 12.4. The van der Waals surface area contributed by atoms with Gasteiger partial charge in [0, 0.05) is 57.4 Å². The highest BCUT2D eigenvalue weighted by atomic mass is 16.5. The number of imidazole rings is 1. The second kappa shape index (κ2) is 6.67. The smallest absolute Gasteiger partial charge is 0.147 e. The van der Waals surface area contributed by atoms with E-state index in [9.17, 15) is 0 Å². The predicted octanol–water partition coefficient (Wildman–Crippen LogP) is 1.70. The van der Waals surface area contributed by atoms with Gasteiger partial charge in [-0.2, -0.15) is 0 Å². The summed E-state index contributed by atoms with van der Waals surface area (Å²) >= 11 is 0. The topological polar surface area (TPSA) is 56.1 Å². The number of methoxy groups -OCH3 is 1. The predicted molar refractivity (Wildman–Crippen MR) is 80.3 cm³/mol. The van der Waals surface area contributed by atoms with Gasteiger partial charge in [0.15, 0.2) is 0 Å². The molecule has 21 heavy (non-hydrogen) atoms. The number of ether oxygens (including phenoxy) is 1. The van der Waals surface area contributed by atoms with Crippen molar-refractivity contribution in [1.29, 1.82) is 0 Å². The standard InChI is InChI=1S/C15H21N5O/c1-21-10-9-19-8-6-18-15(19)13-3-2-7-20(12-13)14-11-16-4-5-17-14/h4-6,8,11,13H,2-3,7,9-10,12H2,1H3/t13-/m1/s1. The van der Waals surface area contributed by atoms with E-state index in [1.54, 1.807) is 19.5 Å². The number of hydrogen-bond acceptors (Lipinski definition) is 5. The Hall–Kier alpha value is -1.95. The van der Waals surface area contributed by atoms with Gasteiger partial charge in [-0.05, 0) is 12.8 Å². The van der Waals surface area contributed by atoms with Gasteiger partial charge in [0.2, 0.25) is 0 Å². The van der Waals surface area contributed by atoms with Gasteiger partial charge in [-0.3, -0.25) is 4.98 Å². The highest BCUT2D eigenvalue weighted by Crippen LogP contribution is 2.27. The Morgan fingerprint density at radius 3 is 3.05 bits per heavy atom. The lowest BCUT2D eigenvalue weighted by atomic mass is 9.97. The summed E-state index contributed by atoms with van der Waals surface area (Å²) in [4.78, 5) is 15.4. The third-order valence-corrected chi connectivity index (χ3v) is 3.94. The average molecular weight is 287 g/mol. The highest BCUT2D eigenvalue weighted by molar-refractivity contribution is 5.36. The van der Waals surface area contributed by atoms with Crippen LogP contribution in [0.1, 0.15) is 24.6 Å². The Kier molecular flexibility index (Phi) is 4.45. The molecule has 6 heteroatoms. The first-order valence-electron chi connectivity index (χ1n) is 7.39. The third-order valence-electron chi connectivity index (χ3n) is 3.94. The largest absolute Gasteiger partial charge is 0.383 e. The van der Waals surface area contributed by atoms with Gasteiger partial charge in [0.05, 0.1) is 12.8 Å². The maximum absolute atomic E-state index is 5.17. The van der Waals surface area contributed by atoms with Gasteiger partial charge < -0.3 is 14.2 Å². The number of anilines is 1. The van der Waals surface area contributed by atoms with Gasteiger partial charge >= 0.3 is 0 Å². The molecule has 1 saturated heterocycles. The summed E-state index contributed by atoms with van der Waals surface area (Å²) in [5.41, 5.74) is 0. The van der Waals surface area contributed by atoms with Crippen LogP contribution in [0.3, 0.4) is 0 Å². The van der Waals surface area contributed by atoms with Crippen LogP contribution >= 0.6 is 0 Å². The minimum atomic E-state index is 0.438. The molecular formula is C15H21N5O. The third kappa shape index (κ3) is 3.21. The molecule has 0 bridgehead atoms. The van der Waals surface area contributed by atoms with E-state index >= 15 is 0 Å². The van der Waals surface area contributed by atoms with Crippen LogP contribution in [0, 0.1) is 0 Å². The number of piperidine rings is 1. The average Bonchev–Trinajstić information content (AvgIpc) is 3.02. The van der Waals surface area contributed by atoms with E-state index < -0.39 is 0 Å². The summed E-state index contributed by atoms with van der Waals surface area (Å²) < 4.78 is 7.37. The molecule has 0 aliphatic carbocycles. The highest BCUT2D eigenvalue weighted by Gasteiger charge is 2.25. The number of rotatable bonds is 5. The van der Waals surface area contributed by atoms with Crippen LogP contribution in [-0.2, 0) is 11.3 Å². The lowest BCUT2D eigenvalue weighted by Gasteiger charge is -2.33. The van der Waals surface area contributed by atoms with Crippen molar-refractivity contribution in [3.63, 3.8) is 0 Å². The molecule has 0 amide bonds. The molecule has 0 unspecified atom stereocenters. The van der Waals surface area contributed by atoms with Crippen molar-refractivity contribution in [2.75, 3.05) is 31.7 Å². The van der Waals surface area contributed by atoms with Crippen molar-refractivity contribution in [2.24, 2.45) is 0 Å². The van der Waals surface area contributed by atoms with E-state index in [-0.39, 0.29) is 0 Å². The zero-order chi connectivity index (χ0) is 14.5. The molecule has 0 radical (unpaired) electrons. The van der Waals surface area contributed by atoms with Crippen LogP contribution in [-0.4, -0.2) is 46.3 Å². The fourth-order valence-electron chi connectivity index (χ4n) is 2.91. The SMILES string of the molecule is COCCn1ccnc1[C@@H]1CCCN(c2cnccn2)C1. The molecule has 1 fully saturated rings. The molecular weight excluding hydrogens is 266 g/mol. The van der Waals surface area contributed by atoms with Gasteiger partial charge in [-0.1, -0.05) is 0 Å². The number of aromatic nitrogens is 4. The molecule has 3 heterocycles. The number of nitrogens with zero attached hydrogens (tertiary/aromatic N) is 5. The quantitative estimate of drug-likeness (QED) is 0.838. The van der Waals surface area contributed by atoms with Crippen LogP contribution in [0.4, 0.5) is 5.82 Å². The maximum Gasteiger partial charge on any atom is 0.147 e. The van der Waals surface area contributed by atoms with Crippen LogP contribution < -0.4 is 4.90 Å². The molecule has 2 aromatic rings. The molecule has 0 spiro atoms. The van der Waals surface area contributed by atoms with Gasteiger partial charge in [0.25, 0.3) is 0 Å². The summed E-state index contributed by atoms with van der Waals surface area (Å²) in [5, 5.41) is 0. The van der Waals surface area contributed by atoms with E-state index in [0.717, 1.165) is 37.7 Å². The Balaban J connectivity index is 1.73. The Bertz CT molecular complexity index is 556. The molecule has 3 rings (SSSR count). The molecule has 6 nitrogen and oxygen atoms in total. The monoisotopic (exact) mass is 287 g/mol. The number of hydrogen-bond donors (Lipinski definition) is 0. The van der Waals surface area contributed by atoms with E-state index in [2.05, 4.69) is 24.4 Å². The summed E-state index contributed by atoms with van der Waals surface area (Å²) in [6.07, 6.45) is 11.5. The summed E-state index contributed by atoms with van der Waals surface area (Å²) in [6.45, 7) is 3.55. The summed E-state index contributed by atoms with van der Waals surface area (Å²) in [7, 11) is 1.73. The van der Waals surface area contributed by atoms with Crippen LogP contribution in [0.2, 0.25) is 0 Å². The zero-order valence-electron chi connectivity index (χ0n) is 12.4. The molecule has 0 N–H and O–H groups in total. The Labute approximate surface area is 124 Å². The normalized spacial score (nSPS) is 18.9. The fourth-order valence-corrected chi connectivity index (χ4v) is 2.91. The maximum atomic E-state index is 5.17. The first kappa shape index (κ1) is 14.0. The molecule has 0 saturated carbocycles. The van der Waals surface area contributed by atoms with Crippen molar-refractivity contribution in [2.45, 2.75) is 25.3 Å². The van der Waals surface area contributed by atoms with Gasteiger partial charge in [0.1, 0.15) is 11.6 Å². The van der Waals surface area contributed by atoms with E-state index in [0.29, 0.717) is 12.5 Å². The second-order valence-corrected chi connectivity index (χ2v) is 5.32. The second-order valence-electron chi connectivity index (χ2n) is 5.32. The molecule has 112 valence electrons. The van der Waals surface area contributed by atoms with Gasteiger partial charge in [-0.15, -0.1) is 0 Å². The van der Waals surface area contributed by atoms with E-state index in [1.165, 1.54) is 6.42 Å². The molecule has 1 aliphatic heterocycles. The van der Waals surface area contributed by atoms with Crippen molar-refractivity contribution >= 4 is 5.82 Å². The first-order valence-corrected chi connectivity index (χ1v) is 7.39. The minimum absolute atomic E-state index is 0.438. The first-order chi connectivity index (χ1) is 10.4. The van der Waals surface area contributed by atoms with Crippen molar-refractivity contribution in [3.05, 3.63) is 36.8 Å². The molecule has 1 atom stereocenters. The minimum Gasteiger partial charge on any atom is -0.383 e. The van der Waals surface area contributed by atoms with Crippen molar-refractivity contribution in [3.8, 4) is 0 Å². The Morgan fingerprint density at radius 2 is 2.24 bits per heavy atom. The lowest BCUT2D eigenvalue weighted by molar-refractivity contribution is 0.185. The van der Waals surface area contributed by atoms with Crippen molar-refractivity contribution in [1.82, 2.24) is 19.5 Å².